The first kappa shape index (κ1) is 18.9. The van der Waals surface area contributed by atoms with Crippen LogP contribution < -0.4 is 11.3 Å². The topological polar surface area (TPSA) is 79.1 Å². The van der Waals surface area contributed by atoms with Crippen LogP contribution in [0.5, 0.6) is 0 Å². The molecule has 0 saturated carbocycles. The van der Waals surface area contributed by atoms with Crippen molar-refractivity contribution in [1.82, 2.24) is 4.98 Å². The molecule has 2 aromatic carbocycles. The van der Waals surface area contributed by atoms with Gasteiger partial charge in [-0.2, -0.15) is 0 Å². The smallest absolute Gasteiger partial charge is 0.266 e. The van der Waals surface area contributed by atoms with E-state index in [1.165, 1.54) is 16.9 Å². The van der Waals surface area contributed by atoms with Crippen molar-refractivity contribution in [3.63, 3.8) is 0 Å². The maximum Gasteiger partial charge on any atom is 0.266 e. The zero-order valence-corrected chi connectivity index (χ0v) is 16.8. The third-order valence-electron chi connectivity index (χ3n) is 5.54. The van der Waals surface area contributed by atoms with Gasteiger partial charge in [0.05, 0.1) is 6.61 Å². The van der Waals surface area contributed by atoms with Crippen molar-refractivity contribution in [3.8, 4) is 11.1 Å². The summed E-state index contributed by atoms with van der Waals surface area (Å²) in [5, 5.41) is 13.8. The third kappa shape index (κ3) is 3.05. The van der Waals surface area contributed by atoms with Gasteiger partial charge in [0.15, 0.2) is 0 Å². The Morgan fingerprint density at radius 3 is 2.50 bits per heavy atom. The first-order valence-electron chi connectivity index (χ1n) is 9.51. The molecule has 4 rings (SSSR count). The number of fused-ring (bicyclic) bond motifs is 3. The van der Waals surface area contributed by atoms with E-state index < -0.39 is 0 Å². The average Bonchev–Trinajstić information content (AvgIpc) is 3.19. The molecule has 0 aliphatic carbocycles. The summed E-state index contributed by atoms with van der Waals surface area (Å²) in [6.45, 7) is 4.92. The lowest BCUT2D eigenvalue weighted by molar-refractivity contribution is 0.282. The molecule has 28 heavy (non-hydrogen) atoms. The lowest BCUT2D eigenvalue weighted by atomic mass is 9.86. The van der Waals surface area contributed by atoms with Crippen LogP contribution >= 0.6 is 11.3 Å². The summed E-state index contributed by atoms with van der Waals surface area (Å²) in [6.07, 6.45) is 0. The molecule has 0 radical (unpaired) electrons. The summed E-state index contributed by atoms with van der Waals surface area (Å²) in [5.74, 6) is 0.788. The van der Waals surface area contributed by atoms with Crippen LogP contribution in [0.2, 0.25) is 0 Å². The number of aromatic amines is 1. The Morgan fingerprint density at radius 1 is 1.11 bits per heavy atom. The summed E-state index contributed by atoms with van der Waals surface area (Å²) < 4.78 is 0.712. The number of hydrogen-bond acceptors (Lipinski definition) is 4. The van der Waals surface area contributed by atoms with E-state index in [1.54, 1.807) is 0 Å². The van der Waals surface area contributed by atoms with Crippen LogP contribution in [-0.2, 0) is 6.61 Å². The van der Waals surface area contributed by atoms with Gasteiger partial charge in [0.1, 0.15) is 4.70 Å². The zero-order valence-electron chi connectivity index (χ0n) is 16.0. The summed E-state index contributed by atoms with van der Waals surface area (Å²) in [6, 6.07) is 14.2. The molecule has 0 aliphatic rings. The molecule has 144 valence electrons. The minimum atomic E-state index is -0.0710. The van der Waals surface area contributed by atoms with Crippen molar-refractivity contribution < 1.29 is 5.11 Å². The van der Waals surface area contributed by atoms with Crippen LogP contribution in [0.25, 0.3) is 32.1 Å². The molecule has 0 amide bonds. The van der Waals surface area contributed by atoms with Crippen molar-refractivity contribution in [2.75, 3.05) is 6.54 Å². The van der Waals surface area contributed by atoms with Crippen LogP contribution in [0, 0.1) is 5.92 Å². The highest BCUT2D eigenvalue weighted by atomic mass is 32.1. The lowest BCUT2D eigenvalue weighted by Crippen LogP contribution is -2.17. The number of aromatic nitrogens is 1. The number of H-pyrrole nitrogens is 1. The quantitative estimate of drug-likeness (QED) is 0.464. The number of benzene rings is 2. The Morgan fingerprint density at radius 2 is 1.86 bits per heavy atom. The molecular formula is C23H24N2O2S. The SMILES string of the molecule is CC(C)C(CN)c1ccc(-c2c(CO)ccc3[nH]c(=O)c4sccc4c23)cc1. The number of aliphatic hydroxyl groups is 1. The molecule has 5 heteroatoms. The standard InChI is InChI=1S/C23H24N2O2S/c1-13(2)18(11-24)14-3-5-15(6-4-14)20-16(12-26)7-8-19-21(20)17-9-10-28-22(17)23(27)25-19/h3-10,13,18,26H,11-12,24H2,1-2H3,(H,25,27). The van der Waals surface area contributed by atoms with Gasteiger partial charge in [0.25, 0.3) is 5.56 Å². The Kier molecular flexibility index (Phi) is 5.06. The Bertz CT molecular complexity index is 1190. The molecule has 4 aromatic rings. The number of aliphatic hydroxyl groups excluding tert-OH is 1. The highest BCUT2D eigenvalue weighted by molar-refractivity contribution is 7.17. The summed E-state index contributed by atoms with van der Waals surface area (Å²) in [4.78, 5) is 15.4. The van der Waals surface area contributed by atoms with Gasteiger partial charge < -0.3 is 15.8 Å². The third-order valence-corrected chi connectivity index (χ3v) is 6.45. The number of nitrogens with two attached hydrogens (primary N) is 1. The molecule has 0 bridgehead atoms. The van der Waals surface area contributed by atoms with Gasteiger partial charge in [-0.15, -0.1) is 11.3 Å². The van der Waals surface area contributed by atoms with Gasteiger partial charge >= 0.3 is 0 Å². The molecule has 0 spiro atoms. The van der Waals surface area contributed by atoms with E-state index in [-0.39, 0.29) is 12.2 Å². The van der Waals surface area contributed by atoms with Crippen LogP contribution in [0.3, 0.4) is 0 Å². The van der Waals surface area contributed by atoms with Crippen molar-refractivity contribution in [1.29, 1.82) is 0 Å². The highest BCUT2D eigenvalue weighted by Crippen LogP contribution is 2.37. The molecule has 1 unspecified atom stereocenters. The fourth-order valence-electron chi connectivity index (χ4n) is 4.04. The van der Waals surface area contributed by atoms with Crippen molar-refractivity contribution in [3.05, 3.63) is 69.3 Å². The molecule has 4 N–H and O–H groups in total. The monoisotopic (exact) mass is 392 g/mol. The highest BCUT2D eigenvalue weighted by Gasteiger charge is 2.17. The lowest BCUT2D eigenvalue weighted by Gasteiger charge is -2.20. The van der Waals surface area contributed by atoms with E-state index in [9.17, 15) is 9.90 Å². The number of hydrogen-bond donors (Lipinski definition) is 3. The largest absolute Gasteiger partial charge is 0.392 e. The molecular weight excluding hydrogens is 368 g/mol. The first-order chi connectivity index (χ1) is 13.5. The maximum absolute atomic E-state index is 12.4. The summed E-state index contributed by atoms with van der Waals surface area (Å²) in [7, 11) is 0. The van der Waals surface area contributed by atoms with Crippen molar-refractivity contribution >= 4 is 32.3 Å². The second kappa shape index (κ2) is 7.51. The predicted molar refractivity (Wildman–Crippen MR) is 118 cm³/mol. The number of thiophene rings is 1. The van der Waals surface area contributed by atoms with Gasteiger partial charge in [0, 0.05) is 16.3 Å². The Balaban J connectivity index is 1.97. The second-order valence-corrected chi connectivity index (χ2v) is 8.42. The number of rotatable bonds is 5. The molecule has 2 aromatic heterocycles. The molecule has 0 aliphatic heterocycles. The molecule has 1 atom stereocenters. The van der Waals surface area contributed by atoms with Crippen molar-refractivity contribution in [2.24, 2.45) is 11.7 Å². The van der Waals surface area contributed by atoms with E-state index >= 15 is 0 Å². The van der Waals surface area contributed by atoms with E-state index in [2.05, 4.69) is 43.1 Å². The minimum Gasteiger partial charge on any atom is -0.392 e. The van der Waals surface area contributed by atoms with Gasteiger partial charge in [0.2, 0.25) is 0 Å². The normalized spacial score (nSPS) is 12.9. The van der Waals surface area contributed by atoms with Crippen LogP contribution in [-0.4, -0.2) is 16.6 Å². The fourth-order valence-corrected chi connectivity index (χ4v) is 4.84. The van der Waals surface area contributed by atoms with Crippen molar-refractivity contribution in [2.45, 2.75) is 26.4 Å². The average molecular weight is 393 g/mol. The predicted octanol–water partition coefficient (Wildman–Crippen LogP) is 4.60. The van der Waals surface area contributed by atoms with Crippen LogP contribution in [0.4, 0.5) is 0 Å². The molecule has 0 saturated heterocycles. The fraction of sp³-hybridized carbons (Fsp3) is 0.261. The van der Waals surface area contributed by atoms with Gasteiger partial charge in [-0.05, 0) is 58.1 Å². The second-order valence-electron chi connectivity index (χ2n) is 7.51. The minimum absolute atomic E-state index is 0.0603. The number of nitrogens with one attached hydrogen (secondary N) is 1. The Labute approximate surface area is 167 Å². The van der Waals surface area contributed by atoms with Crippen LogP contribution in [0.15, 0.2) is 52.6 Å². The van der Waals surface area contributed by atoms with E-state index in [0.29, 0.717) is 23.1 Å². The maximum atomic E-state index is 12.4. The summed E-state index contributed by atoms with van der Waals surface area (Å²) >= 11 is 1.44. The Hall–Kier alpha value is -2.47. The van der Waals surface area contributed by atoms with E-state index in [4.69, 9.17) is 5.73 Å². The first-order valence-corrected chi connectivity index (χ1v) is 10.4. The van der Waals surface area contributed by atoms with E-state index in [1.807, 2.05) is 23.6 Å². The van der Waals surface area contributed by atoms with Crippen LogP contribution in [0.1, 0.15) is 30.9 Å². The number of pyridine rings is 1. The van der Waals surface area contributed by atoms with Gasteiger partial charge in [-0.25, -0.2) is 0 Å². The van der Waals surface area contributed by atoms with Gasteiger partial charge in [-0.3, -0.25) is 4.79 Å². The van der Waals surface area contributed by atoms with Gasteiger partial charge in [-0.1, -0.05) is 44.2 Å². The molecule has 2 heterocycles. The summed E-state index contributed by atoms with van der Waals surface area (Å²) in [5.41, 5.74) is 10.8. The zero-order chi connectivity index (χ0) is 19.8. The van der Waals surface area contributed by atoms with E-state index in [0.717, 1.165) is 33.0 Å². The molecule has 0 fully saturated rings. The molecule has 4 nitrogen and oxygen atoms in total.